The first-order valence-electron chi connectivity index (χ1n) is 9.53. The molecular formula is C22H27N3O. The number of nitrogens with one attached hydrogen (secondary N) is 1. The summed E-state index contributed by atoms with van der Waals surface area (Å²) in [7, 11) is 0. The molecule has 136 valence electrons. The highest BCUT2D eigenvalue weighted by Crippen LogP contribution is 2.26. The van der Waals surface area contributed by atoms with Crippen LogP contribution >= 0.6 is 0 Å². The minimum absolute atomic E-state index is 0.0444. The summed E-state index contributed by atoms with van der Waals surface area (Å²) in [6.07, 6.45) is 9.92. The molecule has 1 amide bonds. The van der Waals surface area contributed by atoms with E-state index in [9.17, 15) is 4.79 Å². The van der Waals surface area contributed by atoms with E-state index in [0.717, 1.165) is 11.4 Å². The SMILES string of the molecule is O=C(Cc1ccn(C2CCCCCC2)n1)Nc1ccccccccc1. The van der Waals surface area contributed by atoms with Crippen molar-refractivity contribution in [3.63, 3.8) is 0 Å². The van der Waals surface area contributed by atoms with Crippen LogP contribution in [0, 0.1) is 0 Å². The monoisotopic (exact) mass is 349 g/mol. The first-order valence-corrected chi connectivity index (χ1v) is 9.53. The summed E-state index contributed by atoms with van der Waals surface area (Å²) in [5.41, 5.74) is 1.60. The predicted octanol–water partition coefficient (Wildman–Crippen LogP) is 5.08. The molecule has 0 aliphatic heterocycles. The highest BCUT2D eigenvalue weighted by molar-refractivity contribution is 5.91. The van der Waals surface area contributed by atoms with Gasteiger partial charge >= 0.3 is 0 Å². The maximum absolute atomic E-state index is 12.4. The molecule has 2 aromatic rings. The first kappa shape index (κ1) is 18.2. The second-order valence-electron chi connectivity index (χ2n) is 6.79. The van der Waals surface area contributed by atoms with Crippen molar-refractivity contribution in [2.45, 2.75) is 51.0 Å². The quantitative estimate of drug-likeness (QED) is 0.782. The van der Waals surface area contributed by atoms with Crippen LogP contribution in [-0.4, -0.2) is 15.7 Å². The van der Waals surface area contributed by atoms with Gasteiger partial charge in [-0.15, -0.1) is 0 Å². The molecule has 0 spiro atoms. The molecule has 0 saturated heterocycles. The van der Waals surface area contributed by atoms with Gasteiger partial charge in [-0.2, -0.15) is 5.10 Å². The molecule has 1 aromatic carbocycles. The van der Waals surface area contributed by atoms with E-state index in [4.69, 9.17) is 0 Å². The van der Waals surface area contributed by atoms with Crippen LogP contribution in [0.3, 0.4) is 0 Å². The van der Waals surface area contributed by atoms with Gasteiger partial charge in [0.25, 0.3) is 0 Å². The lowest BCUT2D eigenvalue weighted by Gasteiger charge is -2.14. The number of amides is 1. The van der Waals surface area contributed by atoms with Crippen molar-refractivity contribution >= 4 is 11.6 Å². The highest BCUT2D eigenvalue weighted by Gasteiger charge is 2.15. The molecule has 1 fully saturated rings. The van der Waals surface area contributed by atoms with Crippen molar-refractivity contribution in [3.05, 3.63) is 72.6 Å². The number of anilines is 1. The van der Waals surface area contributed by atoms with Crippen molar-refractivity contribution in [3.8, 4) is 0 Å². The Morgan fingerprint density at radius 2 is 1.54 bits per heavy atom. The summed E-state index contributed by atoms with van der Waals surface area (Å²) >= 11 is 0. The Morgan fingerprint density at radius 1 is 0.923 bits per heavy atom. The van der Waals surface area contributed by atoms with E-state index in [-0.39, 0.29) is 5.91 Å². The average molecular weight is 349 g/mol. The van der Waals surface area contributed by atoms with E-state index in [1.165, 1.54) is 38.5 Å². The summed E-state index contributed by atoms with van der Waals surface area (Å²) in [5.74, 6) is -0.0444. The zero-order chi connectivity index (χ0) is 18.0. The van der Waals surface area contributed by atoms with Crippen LogP contribution in [0.15, 0.2) is 66.9 Å². The molecular weight excluding hydrogens is 322 g/mol. The molecule has 0 bridgehead atoms. The van der Waals surface area contributed by atoms with Gasteiger partial charge in [0.05, 0.1) is 18.2 Å². The third-order valence-electron chi connectivity index (χ3n) is 4.71. The molecule has 26 heavy (non-hydrogen) atoms. The molecule has 3 rings (SSSR count). The molecule has 1 aliphatic carbocycles. The van der Waals surface area contributed by atoms with E-state index in [1.807, 2.05) is 66.9 Å². The van der Waals surface area contributed by atoms with E-state index >= 15 is 0 Å². The van der Waals surface area contributed by atoms with Gasteiger partial charge in [-0.05, 0) is 31.0 Å². The summed E-state index contributed by atoms with van der Waals surface area (Å²) < 4.78 is 2.07. The fourth-order valence-corrected chi connectivity index (χ4v) is 3.35. The molecule has 0 radical (unpaired) electrons. The zero-order valence-electron chi connectivity index (χ0n) is 15.2. The lowest BCUT2D eigenvalue weighted by Crippen LogP contribution is -2.15. The van der Waals surface area contributed by atoms with Crippen molar-refractivity contribution in [2.75, 3.05) is 5.32 Å². The summed E-state index contributed by atoms with van der Waals surface area (Å²) in [4.78, 5) is 12.4. The Bertz CT molecular complexity index is 734. The van der Waals surface area contributed by atoms with Crippen LogP contribution in [0.5, 0.6) is 0 Å². The van der Waals surface area contributed by atoms with Crippen molar-refractivity contribution < 1.29 is 4.79 Å². The lowest BCUT2D eigenvalue weighted by atomic mass is 10.1. The molecule has 1 heterocycles. The fourth-order valence-electron chi connectivity index (χ4n) is 3.35. The van der Waals surface area contributed by atoms with Crippen LogP contribution in [0.25, 0.3) is 0 Å². The summed E-state index contributed by atoms with van der Waals surface area (Å²) in [6, 6.07) is 19.8. The molecule has 0 unspecified atom stereocenters. The summed E-state index contributed by atoms with van der Waals surface area (Å²) in [6.45, 7) is 0. The maximum Gasteiger partial charge on any atom is 0.230 e. The van der Waals surface area contributed by atoms with Gasteiger partial charge in [0, 0.05) is 11.9 Å². The van der Waals surface area contributed by atoms with Gasteiger partial charge in [-0.3, -0.25) is 9.48 Å². The second kappa shape index (κ2) is 9.76. The van der Waals surface area contributed by atoms with Gasteiger partial charge in [-0.25, -0.2) is 0 Å². The zero-order valence-corrected chi connectivity index (χ0v) is 15.2. The topological polar surface area (TPSA) is 46.9 Å². The van der Waals surface area contributed by atoms with Gasteiger partial charge in [0.2, 0.25) is 5.91 Å². The largest absolute Gasteiger partial charge is 0.326 e. The number of rotatable bonds is 4. The van der Waals surface area contributed by atoms with Crippen LogP contribution < -0.4 is 5.32 Å². The molecule has 4 nitrogen and oxygen atoms in total. The van der Waals surface area contributed by atoms with Gasteiger partial charge in [0.1, 0.15) is 0 Å². The minimum atomic E-state index is -0.0444. The predicted molar refractivity (Wildman–Crippen MR) is 105 cm³/mol. The average Bonchev–Trinajstić information content (AvgIpc) is 2.92. The van der Waals surface area contributed by atoms with Crippen LogP contribution in [0.1, 0.15) is 50.3 Å². The van der Waals surface area contributed by atoms with Crippen molar-refractivity contribution in [1.82, 2.24) is 9.78 Å². The van der Waals surface area contributed by atoms with E-state index < -0.39 is 0 Å². The fraction of sp³-hybridized carbons (Fsp3) is 0.364. The Hall–Kier alpha value is -2.62. The van der Waals surface area contributed by atoms with Crippen LogP contribution in [0.4, 0.5) is 5.69 Å². The Balaban J connectivity index is 1.62. The minimum Gasteiger partial charge on any atom is -0.326 e. The normalized spacial score (nSPS) is 14.9. The van der Waals surface area contributed by atoms with E-state index in [0.29, 0.717) is 12.5 Å². The maximum atomic E-state index is 12.4. The van der Waals surface area contributed by atoms with Gasteiger partial charge in [0.15, 0.2) is 0 Å². The lowest BCUT2D eigenvalue weighted by molar-refractivity contribution is -0.115. The second-order valence-corrected chi connectivity index (χ2v) is 6.79. The van der Waals surface area contributed by atoms with Crippen LogP contribution in [-0.2, 0) is 11.2 Å². The van der Waals surface area contributed by atoms with E-state index in [1.54, 1.807) is 0 Å². The third-order valence-corrected chi connectivity index (χ3v) is 4.71. The Kier molecular flexibility index (Phi) is 6.82. The van der Waals surface area contributed by atoms with E-state index in [2.05, 4.69) is 15.1 Å². The number of carbonyl (C=O) groups is 1. The standard InChI is InChI=1S/C22H27N3O/c26-22(23-19-12-8-4-2-1-3-5-9-13-19)18-20-16-17-25(24-20)21-14-10-6-7-11-15-21/h1-5,8-9,12-13,16-17,21H,6-7,10-11,14-15,18H2,(H,23,26). The molecule has 1 aromatic heterocycles. The summed E-state index contributed by atoms with van der Waals surface area (Å²) in [5, 5.41) is 7.61. The smallest absolute Gasteiger partial charge is 0.230 e. The first-order chi connectivity index (χ1) is 12.8. The third kappa shape index (κ3) is 5.73. The molecule has 1 aliphatic rings. The molecule has 4 heteroatoms. The highest BCUT2D eigenvalue weighted by atomic mass is 16.1. The van der Waals surface area contributed by atoms with Crippen molar-refractivity contribution in [1.29, 1.82) is 0 Å². The Morgan fingerprint density at radius 3 is 2.19 bits per heavy atom. The number of hydrogen-bond donors (Lipinski definition) is 1. The number of hydrogen-bond acceptors (Lipinski definition) is 2. The molecule has 1 saturated carbocycles. The number of aromatic nitrogens is 2. The Labute approximate surface area is 155 Å². The van der Waals surface area contributed by atoms with Crippen LogP contribution in [0.2, 0.25) is 0 Å². The molecule has 1 N–H and O–H groups in total. The van der Waals surface area contributed by atoms with Gasteiger partial charge < -0.3 is 5.32 Å². The van der Waals surface area contributed by atoms with Gasteiger partial charge in [-0.1, -0.05) is 68.1 Å². The molecule has 0 atom stereocenters. The number of carbonyl (C=O) groups excluding carboxylic acids is 1. The number of nitrogens with zero attached hydrogens (tertiary/aromatic N) is 2. The van der Waals surface area contributed by atoms with Crippen molar-refractivity contribution in [2.24, 2.45) is 0 Å².